The van der Waals surface area contributed by atoms with Gasteiger partial charge in [0.25, 0.3) is 5.91 Å². The zero-order valence-electron chi connectivity index (χ0n) is 19.9. The number of anilines is 1. The first-order chi connectivity index (χ1) is 17.2. The van der Waals surface area contributed by atoms with Gasteiger partial charge in [0.15, 0.2) is 0 Å². The molecule has 9 heteroatoms. The topological polar surface area (TPSA) is 82.5 Å². The van der Waals surface area contributed by atoms with E-state index in [1.807, 2.05) is 48.2 Å². The summed E-state index contributed by atoms with van der Waals surface area (Å²) < 4.78 is 15.0. The molecule has 0 radical (unpaired) electrons. The van der Waals surface area contributed by atoms with Crippen LogP contribution in [0.4, 0.5) is 10.2 Å². The lowest BCUT2D eigenvalue weighted by atomic mass is 9.93. The number of amides is 1. The summed E-state index contributed by atoms with van der Waals surface area (Å²) in [5.74, 6) is -0.851. The molecule has 2 N–H and O–H groups in total. The summed E-state index contributed by atoms with van der Waals surface area (Å²) in [5, 5.41) is 13.5. The van der Waals surface area contributed by atoms with Crippen LogP contribution in [0.5, 0.6) is 0 Å². The van der Waals surface area contributed by atoms with Gasteiger partial charge in [0.2, 0.25) is 0 Å². The van der Waals surface area contributed by atoms with Crippen LogP contribution in [0.3, 0.4) is 0 Å². The number of fused-ring (bicyclic) bond motifs is 1. The number of aromatic nitrogens is 1. The minimum atomic E-state index is -0.927. The molecule has 0 spiro atoms. The Bertz CT molecular complexity index is 1290. The fourth-order valence-corrected chi connectivity index (χ4v) is 5.46. The molecule has 1 aromatic heterocycles. The van der Waals surface area contributed by atoms with Gasteiger partial charge in [0, 0.05) is 45.9 Å². The number of aliphatic carboxylic acids is 1. The van der Waals surface area contributed by atoms with Crippen molar-refractivity contribution in [2.75, 3.05) is 24.5 Å². The molecule has 0 aliphatic carbocycles. The number of nitrogens with one attached hydrogen (secondary N) is 1. The van der Waals surface area contributed by atoms with E-state index in [0.717, 1.165) is 16.5 Å². The fraction of sp³-hybridized carbons (Fsp3) is 0.370. The van der Waals surface area contributed by atoms with E-state index in [1.165, 1.54) is 0 Å². The Balaban J connectivity index is 1.68. The summed E-state index contributed by atoms with van der Waals surface area (Å²) in [7, 11) is 0. The van der Waals surface area contributed by atoms with E-state index in [0.29, 0.717) is 52.3 Å². The first-order valence-corrected chi connectivity index (χ1v) is 13.1. The maximum atomic E-state index is 14.2. The normalized spacial score (nSPS) is 16.7. The summed E-state index contributed by atoms with van der Waals surface area (Å²) >= 11 is 9.88. The number of hydrogen-bond donors (Lipinski definition) is 2. The number of hydrogen-bond acceptors (Lipinski definition) is 4. The summed E-state index contributed by atoms with van der Waals surface area (Å²) in [6, 6.07) is 12.8. The maximum absolute atomic E-state index is 14.2. The van der Waals surface area contributed by atoms with Gasteiger partial charge in [-0.1, -0.05) is 45.7 Å². The van der Waals surface area contributed by atoms with Crippen LogP contribution >= 0.6 is 27.5 Å². The van der Waals surface area contributed by atoms with Crippen molar-refractivity contribution in [1.29, 1.82) is 0 Å². The Morgan fingerprint density at radius 2 is 2.08 bits per heavy atom. The molecule has 1 saturated heterocycles. The quantitative estimate of drug-likeness (QED) is 0.330. The predicted molar refractivity (Wildman–Crippen MR) is 144 cm³/mol. The number of carbonyl (C=O) groups is 2. The third-order valence-corrected chi connectivity index (χ3v) is 7.45. The van der Waals surface area contributed by atoms with Crippen LogP contribution in [-0.2, 0) is 4.79 Å². The van der Waals surface area contributed by atoms with Crippen LogP contribution in [0.15, 0.2) is 46.9 Å². The Morgan fingerprint density at radius 3 is 2.81 bits per heavy atom. The van der Waals surface area contributed by atoms with Crippen LogP contribution in [0, 0.1) is 6.92 Å². The smallest absolute Gasteiger partial charge is 0.303 e. The molecule has 6 nitrogen and oxygen atoms in total. The maximum Gasteiger partial charge on any atom is 0.303 e. The van der Waals surface area contributed by atoms with Crippen LogP contribution in [0.2, 0.25) is 5.02 Å². The Hall–Kier alpha value is -2.71. The molecule has 4 rings (SSSR count). The number of alkyl halides is 1. The number of pyridine rings is 1. The van der Waals surface area contributed by atoms with Crippen molar-refractivity contribution in [2.45, 2.75) is 44.7 Å². The molecule has 0 saturated carbocycles. The number of rotatable bonds is 8. The number of benzene rings is 2. The average molecular weight is 577 g/mol. The van der Waals surface area contributed by atoms with Crippen molar-refractivity contribution < 1.29 is 19.1 Å². The first kappa shape index (κ1) is 26.4. The molecule has 2 aromatic carbocycles. The van der Waals surface area contributed by atoms with Crippen molar-refractivity contribution in [3.05, 3.63) is 68.7 Å². The van der Waals surface area contributed by atoms with E-state index in [-0.39, 0.29) is 31.3 Å². The molecule has 1 aliphatic rings. The molecule has 0 unspecified atom stereocenters. The summed E-state index contributed by atoms with van der Waals surface area (Å²) in [6.07, 6.45) is 0.620. The van der Waals surface area contributed by atoms with E-state index in [4.69, 9.17) is 16.6 Å². The van der Waals surface area contributed by atoms with Crippen LogP contribution < -0.4 is 10.2 Å². The number of carboxylic acids is 1. The van der Waals surface area contributed by atoms with Gasteiger partial charge in [-0.25, -0.2) is 9.37 Å². The molecule has 36 heavy (non-hydrogen) atoms. The molecular weight excluding hydrogens is 549 g/mol. The van der Waals surface area contributed by atoms with Gasteiger partial charge < -0.3 is 15.3 Å². The number of nitrogens with zero attached hydrogens (tertiary/aromatic N) is 2. The van der Waals surface area contributed by atoms with Crippen molar-refractivity contribution in [2.24, 2.45) is 0 Å². The zero-order chi connectivity index (χ0) is 25.8. The minimum Gasteiger partial charge on any atom is -0.481 e. The Kier molecular flexibility index (Phi) is 8.46. The Morgan fingerprint density at radius 1 is 1.31 bits per heavy atom. The third kappa shape index (κ3) is 5.98. The van der Waals surface area contributed by atoms with Gasteiger partial charge in [-0.15, -0.1) is 0 Å². The summed E-state index contributed by atoms with van der Waals surface area (Å²) in [5.41, 5.74) is 2.61. The zero-order valence-corrected chi connectivity index (χ0v) is 22.3. The second-order valence-electron chi connectivity index (χ2n) is 9.14. The highest BCUT2D eigenvalue weighted by molar-refractivity contribution is 9.10. The molecule has 1 aliphatic heterocycles. The van der Waals surface area contributed by atoms with Crippen LogP contribution in [0.25, 0.3) is 10.9 Å². The average Bonchev–Trinajstić information content (AvgIpc) is 2.84. The second-order valence-corrected chi connectivity index (χ2v) is 10.5. The monoisotopic (exact) mass is 575 g/mol. The van der Waals surface area contributed by atoms with Gasteiger partial charge in [-0.2, -0.15) is 0 Å². The second kappa shape index (κ2) is 11.6. The number of piperidine rings is 1. The number of carbonyl (C=O) groups excluding carboxylic acids is 1. The first-order valence-electron chi connectivity index (χ1n) is 12.0. The lowest BCUT2D eigenvalue weighted by Gasteiger charge is -2.32. The van der Waals surface area contributed by atoms with E-state index < -0.39 is 12.1 Å². The highest BCUT2D eigenvalue weighted by Gasteiger charge is 2.26. The summed E-state index contributed by atoms with van der Waals surface area (Å²) in [6.45, 7) is 3.00. The third-order valence-electron chi connectivity index (χ3n) is 6.62. The van der Waals surface area contributed by atoms with E-state index in [9.17, 15) is 19.1 Å². The Labute approximate surface area is 223 Å². The van der Waals surface area contributed by atoms with Crippen molar-refractivity contribution in [1.82, 2.24) is 10.3 Å². The molecule has 2 atom stereocenters. The van der Waals surface area contributed by atoms with E-state index in [2.05, 4.69) is 21.2 Å². The van der Waals surface area contributed by atoms with Gasteiger partial charge in [-0.3, -0.25) is 9.59 Å². The SMILES string of the molecule is Cc1c(N2CCC[C@@H](F)C2)nc2ccc(Br)cc2c1C(=O)NC[C@@H](CCC(=O)O)c1ccccc1Cl. The number of carboxylic acid groups (broad SMARTS) is 1. The molecule has 0 bridgehead atoms. The van der Waals surface area contributed by atoms with E-state index >= 15 is 0 Å². The van der Waals surface area contributed by atoms with Crippen molar-refractivity contribution >= 4 is 56.1 Å². The molecule has 1 fully saturated rings. The predicted octanol–water partition coefficient (Wildman–Crippen LogP) is 6.28. The van der Waals surface area contributed by atoms with Gasteiger partial charge in [0.1, 0.15) is 12.0 Å². The largest absolute Gasteiger partial charge is 0.481 e. The lowest BCUT2D eigenvalue weighted by molar-refractivity contribution is -0.137. The molecule has 3 aromatic rings. The van der Waals surface area contributed by atoms with Crippen molar-refractivity contribution in [3.63, 3.8) is 0 Å². The van der Waals surface area contributed by atoms with Gasteiger partial charge in [0.05, 0.1) is 17.6 Å². The van der Waals surface area contributed by atoms with Crippen molar-refractivity contribution in [3.8, 4) is 0 Å². The van der Waals surface area contributed by atoms with Gasteiger partial charge in [-0.05, 0) is 56.0 Å². The molecule has 2 heterocycles. The standard InChI is InChI=1S/C27H28BrClFN3O3/c1-16-25(27(36)31-14-17(8-11-24(34)35)20-6-2-3-7-22(20)29)21-13-18(28)9-10-23(21)32-26(16)33-12-4-5-19(30)15-33/h2-3,6-7,9-10,13,17,19H,4-5,8,11-12,14-15H2,1H3,(H,31,36)(H,34,35)/t17-,19-/m1/s1. The summed E-state index contributed by atoms with van der Waals surface area (Å²) in [4.78, 5) is 31.6. The minimum absolute atomic E-state index is 0.0422. The highest BCUT2D eigenvalue weighted by Crippen LogP contribution is 2.33. The van der Waals surface area contributed by atoms with E-state index in [1.54, 1.807) is 6.07 Å². The molecule has 1 amide bonds. The van der Waals surface area contributed by atoms with Crippen LogP contribution in [0.1, 0.15) is 53.1 Å². The lowest BCUT2D eigenvalue weighted by Crippen LogP contribution is -2.38. The molecule has 190 valence electrons. The highest BCUT2D eigenvalue weighted by atomic mass is 79.9. The van der Waals surface area contributed by atoms with Crippen LogP contribution in [-0.4, -0.2) is 47.8 Å². The number of halogens is 3. The van der Waals surface area contributed by atoms with Gasteiger partial charge >= 0.3 is 5.97 Å². The fourth-order valence-electron chi connectivity index (χ4n) is 4.81. The molecular formula is C27H28BrClFN3O3.